The number of benzene rings is 1. The molecule has 0 unspecified atom stereocenters. The van der Waals surface area contributed by atoms with Crippen LogP contribution in [-0.2, 0) is 9.59 Å². The number of carboxylic acid groups (broad SMARTS) is 1. The molecule has 6 heteroatoms. The summed E-state index contributed by atoms with van der Waals surface area (Å²) in [6, 6.07) is 5.27. The number of ether oxygens (including phenoxy) is 1. The van der Waals surface area contributed by atoms with Crippen molar-refractivity contribution in [1.29, 1.82) is 0 Å². The normalized spacial score (nSPS) is 16.9. The number of piperazine rings is 1. The summed E-state index contributed by atoms with van der Waals surface area (Å²) >= 11 is 0. The van der Waals surface area contributed by atoms with Crippen LogP contribution in [0.4, 0.5) is 0 Å². The Morgan fingerprint density at radius 1 is 1.22 bits per heavy atom. The Hall–Kier alpha value is -2.08. The van der Waals surface area contributed by atoms with E-state index in [1.165, 1.54) is 0 Å². The fraction of sp³-hybridized carbons (Fsp3) is 0.529. The maximum absolute atomic E-state index is 12.2. The predicted molar refractivity (Wildman–Crippen MR) is 86.7 cm³/mol. The summed E-state index contributed by atoms with van der Waals surface area (Å²) in [6.45, 7) is 7.88. The molecule has 0 spiro atoms. The Morgan fingerprint density at radius 2 is 1.87 bits per heavy atom. The Balaban J connectivity index is 1.84. The largest absolute Gasteiger partial charge is 0.483 e. The second-order valence-electron chi connectivity index (χ2n) is 5.92. The molecule has 0 bridgehead atoms. The minimum absolute atomic E-state index is 0.0127. The van der Waals surface area contributed by atoms with Crippen LogP contribution in [0.25, 0.3) is 0 Å². The maximum atomic E-state index is 12.2. The lowest BCUT2D eigenvalue weighted by molar-refractivity contribution is -0.144. The number of rotatable bonds is 5. The molecule has 1 N–H and O–H groups in total. The first-order valence-corrected chi connectivity index (χ1v) is 7.83. The van der Waals surface area contributed by atoms with Crippen LogP contribution in [0.2, 0.25) is 0 Å². The fourth-order valence-electron chi connectivity index (χ4n) is 2.63. The summed E-state index contributed by atoms with van der Waals surface area (Å²) in [4.78, 5) is 26.8. The van der Waals surface area contributed by atoms with Crippen LogP contribution in [-0.4, -0.2) is 65.6 Å². The van der Waals surface area contributed by atoms with Gasteiger partial charge < -0.3 is 14.7 Å². The molecular formula is C17H24N2O4. The van der Waals surface area contributed by atoms with Gasteiger partial charge in [0, 0.05) is 26.2 Å². The summed E-state index contributed by atoms with van der Waals surface area (Å²) in [5.41, 5.74) is 2.17. The molecule has 1 aliphatic heterocycles. The molecule has 6 nitrogen and oxygen atoms in total. The molecule has 1 aliphatic rings. The van der Waals surface area contributed by atoms with Gasteiger partial charge in [-0.1, -0.05) is 12.1 Å². The standard InChI is InChI=1S/C17H24N2O4/c1-12-5-4-6-15(13(12)2)23-11-16(20)19-9-7-18(8-10-19)14(3)17(21)22/h4-6,14H,7-11H2,1-3H3,(H,21,22)/t14-/m1/s1. The third kappa shape index (κ3) is 4.22. The van der Waals surface area contributed by atoms with Gasteiger partial charge in [-0.25, -0.2) is 0 Å². The smallest absolute Gasteiger partial charge is 0.320 e. The van der Waals surface area contributed by atoms with Gasteiger partial charge in [-0.05, 0) is 38.0 Å². The average molecular weight is 320 g/mol. The third-order valence-electron chi connectivity index (χ3n) is 4.48. The van der Waals surface area contributed by atoms with Crippen molar-refractivity contribution in [3.8, 4) is 5.75 Å². The van der Waals surface area contributed by atoms with E-state index in [1.807, 2.05) is 36.9 Å². The molecular weight excluding hydrogens is 296 g/mol. The maximum Gasteiger partial charge on any atom is 0.320 e. The van der Waals surface area contributed by atoms with Gasteiger partial charge in [0.15, 0.2) is 6.61 Å². The Morgan fingerprint density at radius 3 is 2.48 bits per heavy atom. The van der Waals surface area contributed by atoms with Gasteiger partial charge in [0.25, 0.3) is 5.91 Å². The second-order valence-corrected chi connectivity index (χ2v) is 5.92. The highest BCUT2D eigenvalue weighted by Crippen LogP contribution is 2.20. The quantitative estimate of drug-likeness (QED) is 0.885. The Kier molecular flexibility index (Phi) is 5.60. The van der Waals surface area contributed by atoms with Crippen LogP contribution in [0.3, 0.4) is 0 Å². The highest BCUT2D eigenvalue weighted by molar-refractivity contribution is 5.78. The zero-order chi connectivity index (χ0) is 17.0. The molecule has 1 fully saturated rings. The van der Waals surface area contributed by atoms with Crippen molar-refractivity contribution in [2.45, 2.75) is 26.8 Å². The molecule has 1 aromatic carbocycles. The van der Waals surface area contributed by atoms with E-state index in [2.05, 4.69) is 0 Å². The number of aryl methyl sites for hydroxylation is 1. The number of aliphatic carboxylic acids is 1. The van der Waals surface area contributed by atoms with Crippen molar-refractivity contribution in [2.75, 3.05) is 32.8 Å². The van der Waals surface area contributed by atoms with E-state index in [0.717, 1.165) is 16.9 Å². The van der Waals surface area contributed by atoms with Gasteiger partial charge in [-0.3, -0.25) is 14.5 Å². The van der Waals surface area contributed by atoms with Crippen LogP contribution in [0.15, 0.2) is 18.2 Å². The summed E-state index contributed by atoms with van der Waals surface area (Å²) in [5, 5.41) is 9.03. The average Bonchev–Trinajstić information content (AvgIpc) is 2.55. The van der Waals surface area contributed by atoms with Crippen LogP contribution in [0, 0.1) is 13.8 Å². The van der Waals surface area contributed by atoms with Gasteiger partial charge in [0.05, 0.1) is 0 Å². The molecule has 1 amide bonds. The molecule has 2 rings (SSSR count). The number of carbonyl (C=O) groups is 2. The van der Waals surface area contributed by atoms with Gasteiger partial charge in [0.2, 0.25) is 0 Å². The lowest BCUT2D eigenvalue weighted by atomic mass is 10.1. The minimum Gasteiger partial charge on any atom is -0.483 e. The first-order valence-electron chi connectivity index (χ1n) is 7.83. The molecule has 0 radical (unpaired) electrons. The highest BCUT2D eigenvalue weighted by atomic mass is 16.5. The summed E-state index contributed by atoms with van der Waals surface area (Å²) in [5.74, 6) is -0.159. The van der Waals surface area contributed by atoms with Gasteiger partial charge >= 0.3 is 5.97 Å². The topological polar surface area (TPSA) is 70.1 Å². The van der Waals surface area contributed by atoms with Crippen molar-refractivity contribution < 1.29 is 19.4 Å². The van der Waals surface area contributed by atoms with Gasteiger partial charge in [-0.15, -0.1) is 0 Å². The van der Waals surface area contributed by atoms with Gasteiger partial charge in [0.1, 0.15) is 11.8 Å². The van der Waals surface area contributed by atoms with E-state index >= 15 is 0 Å². The van der Waals surface area contributed by atoms with Crippen molar-refractivity contribution in [3.05, 3.63) is 29.3 Å². The molecule has 0 aliphatic carbocycles. The summed E-state index contributed by atoms with van der Waals surface area (Å²) in [7, 11) is 0. The number of nitrogens with zero attached hydrogens (tertiary/aromatic N) is 2. The van der Waals surface area contributed by atoms with Crippen LogP contribution < -0.4 is 4.74 Å². The molecule has 0 aromatic heterocycles. The van der Waals surface area contributed by atoms with Crippen LogP contribution >= 0.6 is 0 Å². The number of hydrogen-bond acceptors (Lipinski definition) is 4. The number of amides is 1. The zero-order valence-electron chi connectivity index (χ0n) is 13.9. The second kappa shape index (κ2) is 7.46. The lowest BCUT2D eigenvalue weighted by Crippen LogP contribution is -2.53. The molecule has 126 valence electrons. The molecule has 0 saturated carbocycles. The predicted octanol–water partition coefficient (Wildman–Crippen LogP) is 1.30. The van der Waals surface area contributed by atoms with E-state index in [-0.39, 0.29) is 12.5 Å². The monoisotopic (exact) mass is 320 g/mol. The van der Waals surface area contributed by atoms with Crippen molar-refractivity contribution >= 4 is 11.9 Å². The number of hydrogen-bond donors (Lipinski definition) is 1. The van der Waals surface area contributed by atoms with Crippen LogP contribution in [0.1, 0.15) is 18.1 Å². The van der Waals surface area contributed by atoms with Crippen LogP contribution in [0.5, 0.6) is 5.75 Å². The molecule has 1 saturated heterocycles. The molecule has 1 atom stereocenters. The summed E-state index contributed by atoms with van der Waals surface area (Å²) in [6.07, 6.45) is 0. The zero-order valence-corrected chi connectivity index (χ0v) is 13.9. The van der Waals surface area contributed by atoms with E-state index in [0.29, 0.717) is 26.2 Å². The molecule has 1 aromatic rings. The van der Waals surface area contributed by atoms with Crippen molar-refractivity contribution in [2.24, 2.45) is 0 Å². The fourth-order valence-corrected chi connectivity index (χ4v) is 2.63. The first kappa shape index (κ1) is 17.3. The SMILES string of the molecule is Cc1cccc(OCC(=O)N2CCN([C@H](C)C(=O)O)CC2)c1C. The molecule has 1 heterocycles. The van der Waals surface area contributed by atoms with Crippen molar-refractivity contribution in [3.63, 3.8) is 0 Å². The molecule has 23 heavy (non-hydrogen) atoms. The Labute approximate surface area is 136 Å². The van der Waals surface area contributed by atoms with E-state index in [1.54, 1.807) is 11.8 Å². The van der Waals surface area contributed by atoms with E-state index in [9.17, 15) is 9.59 Å². The minimum atomic E-state index is -0.831. The lowest BCUT2D eigenvalue weighted by Gasteiger charge is -2.36. The first-order chi connectivity index (χ1) is 10.9. The highest BCUT2D eigenvalue weighted by Gasteiger charge is 2.27. The number of carboxylic acids is 1. The Bertz CT molecular complexity index is 580. The van der Waals surface area contributed by atoms with E-state index in [4.69, 9.17) is 9.84 Å². The van der Waals surface area contributed by atoms with Gasteiger partial charge in [-0.2, -0.15) is 0 Å². The van der Waals surface area contributed by atoms with E-state index < -0.39 is 12.0 Å². The summed E-state index contributed by atoms with van der Waals surface area (Å²) < 4.78 is 5.65. The van der Waals surface area contributed by atoms with Crippen molar-refractivity contribution in [1.82, 2.24) is 9.80 Å². The third-order valence-corrected chi connectivity index (χ3v) is 4.48. The number of carbonyl (C=O) groups excluding carboxylic acids is 1.